The van der Waals surface area contributed by atoms with Crippen LogP contribution in [0.1, 0.15) is 49.9 Å². The second-order valence-corrected chi connectivity index (χ2v) is 6.40. The highest BCUT2D eigenvalue weighted by atomic mass is 16.3. The Morgan fingerprint density at radius 1 is 1.38 bits per heavy atom. The molecule has 1 aliphatic carbocycles. The second kappa shape index (κ2) is 7.07. The normalized spacial score (nSPS) is 17.7. The highest BCUT2D eigenvalue weighted by molar-refractivity contribution is 5.75. The summed E-state index contributed by atoms with van der Waals surface area (Å²) >= 11 is 0. The number of aliphatic hydroxyl groups excluding tert-OH is 1. The molecule has 1 saturated carbocycles. The van der Waals surface area contributed by atoms with Gasteiger partial charge in [-0.2, -0.15) is 5.10 Å². The number of amides is 1. The van der Waals surface area contributed by atoms with Gasteiger partial charge in [0.25, 0.3) is 0 Å². The SMILES string of the molecule is Cc1cc(C)n(CCC(=O)NCC2(CO)CCCCC2)n1. The van der Waals surface area contributed by atoms with Crippen LogP contribution in [-0.2, 0) is 11.3 Å². The maximum atomic E-state index is 12.0. The quantitative estimate of drug-likeness (QED) is 0.842. The van der Waals surface area contributed by atoms with Gasteiger partial charge in [-0.05, 0) is 32.8 Å². The number of aromatic nitrogens is 2. The second-order valence-electron chi connectivity index (χ2n) is 6.40. The summed E-state index contributed by atoms with van der Waals surface area (Å²) in [6.45, 7) is 5.33. The van der Waals surface area contributed by atoms with E-state index in [4.69, 9.17) is 0 Å². The first-order valence-corrected chi connectivity index (χ1v) is 7.93. The Hall–Kier alpha value is -1.36. The Kier molecular flexibility index (Phi) is 5.39. The van der Waals surface area contributed by atoms with Crippen molar-refractivity contribution in [1.82, 2.24) is 15.1 Å². The third kappa shape index (κ3) is 4.30. The summed E-state index contributed by atoms with van der Waals surface area (Å²) in [5, 5.41) is 17.0. The number of aryl methyl sites for hydroxylation is 3. The first-order chi connectivity index (χ1) is 10.0. The first kappa shape index (κ1) is 16.0. The fraction of sp³-hybridized carbons (Fsp3) is 0.750. The number of hydrogen-bond donors (Lipinski definition) is 2. The van der Waals surface area contributed by atoms with Crippen LogP contribution in [0.3, 0.4) is 0 Å². The van der Waals surface area contributed by atoms with Gasteiger partial charge >= 0.3 is 0 Å². The Balaban J connectivity index is 1.78. The van der Waals surface area contributed by atoms with Gasteiger partial charge in [-0.15, -0.1) is 0 Å². The molecule has 1 aromatic rings. The van der Waals surface area contributed by atoms with Crippen molar-refractivity contribution >= 4 is 5.91 Å². The standard InChI is InChI=1S/C16H27N3O2/c1-13-10-14(2)19(18-13)9-6-15(21)17-11-16(12-20)7-4-3-5-8-16/h10,20H,3-9,11-12H2,1-2H3,(H,17,21). The van der Waals surface area contributed by atoms with Gasteiger partial charge in [0.2, 0.25) is 5.91 Å². The fourth-order valence-corrected chi connectivity index (χ4v) is 3.18. The lowest BCUT2D eigenvalue weighted by atomic mass is 9.74. The summed E-state index contributed by atoms with van der Waals surface area (Å²) in [6, 6.07) is 2.01. The minimum absolute atomic E-state index is 0.0425. The number of hydrogen-bond acceptors (Lipinski definition) is 3. The molecule has 2 N–H and O–H groups in total. The number of nitrogens with zero attached hydrogens (tertiary/aromatic N) is 2. The molecule has 0 radical (unpaired) electrons. The number of rotatable bonds is 6. The van der Waals surface area contributed by atoms with Crippen molar-refractivity contribution < 1.29 is 9.90 Å². The molecular weight excluding hydrogens is 266 g/mol. The molecule has 1 amide bonds. The molecule has 1 aliphatic rings. The van der Waals surface area contributed by atoms with Crippen molar-refractivity contribution in [3.63, 3.8) is 0 Å². The van der Waals surface area contributed by atoms with Crippen molar-refractivity contribution in [2.45, 2.75) is 58.9 Å². The van der Waals surface area contributed by atoms with E-state index in [2.05, 4.69) is 10.4 Å². The van der Waals surface area contributed by atoms with Crippen LogP contribution in [-0.4, -0.2) is 33.9 Å². The molecular formula is C16H27N3O2. The topological polar surface area (TPSA) is 67.2 Å². The number of carbonyl (C=O) groups is 1. The fourth-order valence-electron chi connectivity index (χ4n) is 3.18. The van der Waals surface area contributed by atoms with E-state index >= 15 is 0 Å². The highest BCUT2D eigenvalue weighted by Gasteiger charge is 2.31. The number of carbonyl (C=O) groups excluding carboxylic acids is 1. The average Bonchev–Trinajstić information content (AvgIpc) is 2.82. The van der Waals surface area contributed by atoms with E-state index < -0.39 is 0 Å². The van der Waals surface area contributed by atoms with E-state index in [1.807, 2.05) is 24.6 Å². The van der Waals surface area contributed by atoms with Crippen LogP contribution in [0.5, 0.6) is 0 Å². The monoisotopic (exact) mass is 293 g/mol. The molecule has 1 fully saturated rings. The van der Waals surface area contributed by atoms with E-state index in [1.54, 1.807) is 0 Å². The minimum atomic E-state index is -0.0912. The maximum absolute atomic E-state index is 12.0. The van der Waals surface area contributed by atoms with Gasteiger partial charge in [-0.25, -0.2) is 0 Å². The first-order valence-electron chi connectivity index (χ1n) is 7.93. The Morgan fingerprint density at radius 2 is 2.10 bits per heavy atom. The molecule has 0 aliphatic heterocycles. The predicted octanol–water partition coefficient (Wildman–Crippen LogP) is 1.95. The summed E-state index contributed by atoms with van der Waals surface area (Å²) < 4.78 is 1.87. The van der Waals surface area contributed by atoms with Crippen LogP contribution in [0, 0.1) is 19.3 Å². The zero-order valence-corrected chi connectivity index (χ0v) is 13.2. The van der Waals surface area contributed by atoms with Gasteiger partial charge < -0.3 is 10.4 Å². The highest BCUT2D eigenvalue weighted by Crippen LogP contribution is 2.35. The lowest BCUT2D eigenvalue weighted by molar-refractivity contribution is -0.122. The predicted molar refractivity (Wildman–Crippen MR) is 81.9 cm³/mol. The molecule has 0 spiro atoms. The number of nitrogens with one attached hydrogen (secondary N) is 1. The smallest absolute Gasteiger partial charge is 0.221 e. The Labute approximate surface area is 126 Å². The molecule has 1 heterocycles. The molecule has 21 heavy (non-hydrogen) atoms. The zero-order valence-electron chi connectivity index (χ0n) is 13.2. The maximum Gasteiger partial charge on any atom is 0.221 e. The molecule has 0 saturated heterocycles. The van der Waals surface area contributed by atoms with E-state index in [-0.39, 0.29) is 17.9 Å². The van der Waals surface area contributed by atoms with Gasteiger partial charge in [-0.1, -0.05) is 19.3 Å². The molecule has 0 atom stereocenters. The average molecular weight is 293 g/mol. The zero-order chi connectivity index (χ0) is 15.3. The third-order valence-electron chi connectivity index (χ3n) is 4.56. The summed E-state index contributed by atoms with van der Waals surface area (Å²) in [7, 11) is 0. The largest absolute Gasteiger partial charge is 0.396 e. The minimum Gasteiger partial charge on any atom is -0.396 e. The van der Waals surface area contributed by atoms with Crippen LogP contribution in [0.15, 0.2) is 6.07 Å². The third-order valence-corrected chi connectivity index (χ3v) is 4.56. The Bertz CT molecular complexity index is 476. The summed E-state index contributed by atoms with van der Waals surface area (Å²) in [5.74, 6) is 0.0425. The summed E-state index contributed by atoms with van der Waals surface area (Å²) in [5.41, 5.74) is 1.97. The summed E-state index contributed by atoms with van der Waals surface area (Å²) in [4.78, 5) is 12.0. The van der Waals surface area contributed by atoms with E-state index in [0.29, 0.717) is 19.5 Å². The van der Waals surface area contributed by atoms with E-state index in [0.717, 1.165) is 37.1 Å². The van der Waals surface area contributed by atoms with Gasteiger partial charge in [0.05, 0.1) is 12.3 Å². The molecule has 0 aromatic carbocycles. The van der Waals surface area contributed by atoms with Crippen LogP contribution in [0.4, 0.5) is 0 Å². The van der Waals surface area contributed by atoms with Crippen molar-refractivity contribution in [2.24, 2.45) is 5.41 Å². The number of aliphatic hydroxyl groups is 1. The molecule has 0 bridgehead atoms. The molecule has 0 unspecified atom stereocenters. The van der Waals surface area contributed by atoms with Crippen molar-refractivity contribution in [3.05, 3.63) is 17.5 Å². The lowest BCUT2D eigenvalue weighted by Crippen LogP contribution is -2.41. The van der Waals surface area contributed by atoms with Gasteiger partial charge in [0, 0.05) is 30.6 Å². The Morgan fingerprint density at radius 3 is 2.67 bits per heavy atom. The van der Waals surface area contributed by atoms with Crippen molar-refractivity contribution in [3.8, 4) is 0 Å². The van der Waals surface area contributed by atoms with E-state index in [1.165, 1.54) is 6.42 Å². The van der Waals surface area contributed by atoms with Crippen LogP contribution in [0.2, 0.25) is 0 Å². The molecule has 1 aromatic heterocycles. The van der Waals surface area contributed by atoms with E-state index in [9.17, 15) is 9.90 Å². The van der Waals surface area contributed by atoms with Crippen molar-refractivity contribution in [2.75, 3.05) is 13.2 Å². The van der Waals surface area contributed by atoms with Gasteiger partial charge in [0.1, 0.15) is 0 Å². The van der Waals surface area contributed by atoms with Crippen LogP contribution in [0.25, 0.3) is 0 Å². The molecule has 2 rings (SSSR count). The molecule has 5 heteroatoms. The lowest BCUT2D eigenvalue weighted by Gasteiger charge is -2.35. The van der Waals surface area contributed by atoms with Crippen molar-refractivity contribution in [1.29, 1.82) is 0 Å². The van der Waals surface area contributed by atoms with Gasteiger partial charge in [0.15, 0.2) is 0 Å². The van der Waals surface area contributed by atoms with Crippen LogP contribution >= 0.6 is 0 Å². The van der Waals surface area contributed by atoms with Crippen LogP contribution < -0.4 is 5.32 Å². The molecule has 5 nitrogen and oxygen atoms in total. The summed E-state index contributed by atoms with van der Waals surface area (Å²) in [6.07, 6.45) is 6.02. The molecule has 118 valence electrons. The van der Waals surface area contributed by atoms with Gasteiger partial charge in [-0.3, -0.25) is 9.48 Å².